The Morgan fingerprint density at radius 2 is 1.58 bits per heavy atom. The van der Waals surface area contributed by atoms with Gasteiger partial charge in [0, 0.05) is 12.2 Å². The van der Waals surface area contributed by atoms with Crippen molar-refractivity contribution in [1.29, 1.82) is 0 Å². The van der Waals surface area contributed by atoms with Crippen LogP contribution in [0.1, 0.15) is 50.4 Å². The Bertz CT molecular complexity index is 1290. The van der Waals surface area contributed by atoms with Crippen molar-refractivity contribution in [3.8, 4) is 0 Å². The molecule has 8 heteroatoms. The summed E-state index contributed by atoms with van der Waals surface area (Å²) in [7, 11) is 0. The minimum atomic E-state index is -1.05. The number of ether oxygens (including phenoxy) is 1. The van der Waals surface area contributed by atoms with Crippen LogP contribution in [0.5, 0.6) is 0 Å². The second kappa shape index (κ2) is 12.1. The van der Waals surface area contributed by atoms with Crippen molar-refractivity contribution in [3.63, 3.8) is 0 Å². The molecule has 3 N–H and O–H groups in total. The van der Waals surface area contributed by atoms with Gasteiger partial charge in [0.25, 0.3) is 5.91 Å². The summed E-state index contributed by atoms with van der Waals surface area (Å²) in [5.41, 5.74) is 2.16. The van der Waals surface area contributed by atoms with Crippen molar-refractivity contribution < 1.29 is 24.2 Å². The molecule has 3 aromatic rings. The number of amides is 3. The number of nitrogens with zero attached hydrogens (tertiary/aromatic N) is 1. The number of nitrogens with one attached hydrogen (secondary N) is 2. The lowest BCUT2D eigenvalue weighted by Gasteiger charge is -2.34. The first-order valence-electron chi connectivity index (χ1n) is 12.7. The zero-order valence-electron chi connectivity index (χ0n) is 22.9. The van der Waals surface area contributed by atoms with E-state index in [1.165, 1.54) is 11.8 Å². The second-order valence-corrected chi connectivity index (χ2v) is 10.4. The first-order valence-corrected chi connectivity index (χ1v) is 12.7. The zero-order valence-corrected chi connectivity index (χ0v) is 22.9. The maximum Gasteiger partial charge on any atom is 0.408 e. The lowest BCUT2D eigenvalue weighted by atomic mass is 9.93. The van der Waals surface area contributed by atoms with Crippen LogP contribution in [0.4, 0.5) is 10.5 Å². The van der Waals surface area contributed by atoms with E-state index in [9.17, 15) is 19.5 Å². The molecule has 0 heterocycles. The number of fused-ring (bicyclic) bond motifs is 1. The number of hydrogen-bond acceptors (Lipinski definition) is 5. The maximum absolute atomic E-state index is 13.9. The van der Waals surface area contributed by atoms with Crippen molar-refractivity contribution in [2.45, 2.75) is 59.2 Å². The van der Waals surface area contributed by atoms with Crippen molar-refractivity contribution >= 4 is 34.4 Å². The standard InChI is InChI=1S/C30H37N3O5/c1-19-10-9-11-20(2)25(19)26(27(35)32-24-15-14-22-12-7-8-13-23(22)18-24)33(16-17-34)28(36)21(3)31-29(37)38-30(4,5)6/h7-15,18,21,26,34H,16-17H2,1-6H3,(H,31,37)(H,32,35). The van der Waals surface area contributed by atoms with Gasteiger partial charge < -0.3 is 25.4 Å². The Morgan fingerprint density at radius 1 is 0.947 bits per heavy atom. The Hall–Kier alpha value is -3.91. The maximum atomic E-state index is 13.9. The highest BCUT2D eigenvalue weighted by Gasteiger charge is 2.36. The quantitative estimate of drug-likeness (QED) is 0.394. The molecule has 3 aromatic carbocycles. The predicted octanol–water partition coefficient (Wildman–Crippen LogP) is 4.87. The summed E-state index contributed by atoms with van der Waals surface area (Å²) in [5.74, 6) is -0.949. The number of hydrogen-bond donors (Lipinski definition) is 3. The number of alkyl carbamates (subject to hydrolysis) is 1. The summed E-state index contributed by atoms with van der Waals surface area (Å²) in [6.07, 6.45) is -0.744. The highest BCUT2D eigenvalue weighted by Crippen LogP contribution is 2.30. The van der Waals surface area contributed by atoms with Crippen LogP contribution in [-0.2, 0) is 14.3 Å². The van der Waals surface area contributed by atoms with Crippen molar-refractivity contribution in [2.75, 3.05) is 18.5 Å². The van der Waals surface area contributed by atoms with Gasteiger partial charge in [-0.1, -0.05) is 48.5 Å². The number of rotatable bonds is 8. The molecule has 0 aliphatic carbocycles. The normalized spacial score (nSPS) is 12.9. The highest BCUT2D eigenvalue weighted by molar-refractivity contribution is 6.00. The van der Waals surface area contributed by atoms with E-state index in [1.807, 2.05) is 74.5 Å². The fourth-order valence-electron chi connectivity index (χ4n) is 4.43. The molecule has 202 valence electrons. The number of anilines is 1. The van der Waals surface area contributed by atoms with Crippen LogP contribution in [-0.4, -0.2) is 52.7 Å². The number of benzene rings is 3. The lowest BCUT2D eigenvalue weighted by Crippen LogP contribution is -2.52. The van der Waals surface area contributed by atoms with Crippen LogP contribution >= 0.6 is 0 Å². The second-order valence-electron chi connectivity index (χ2n) is 10.4. The van der Waals surface area contributed by atoms with Crippen molar-refractivity contribution in [1.82, 2.24) is 10.2 Å². The first-order chi connectivity index (χ1) is 17.9. The van der Waals surface area contributed by atoms with E-state index in [1.54, 1.807) is 20.8 Å². The minimum absolute atomic E-state index is 0.108. The van der Waals surface area contributed by atoms with E-state index < -0.39 is 35.6 Å². The lowest BCUT2D eigenvalue weighted by molar-refractivity contribution is -0.141. The van der Waals surface area contributed by atoms with Gasteiger partial charge in [0.2, 0.25) is 5.91 Å². The van der Waals surface area contributed by atoms with Gasteiger partial charge in [-0.15, -0.1) is 0 Å². The third kappa shape index (κ3) is 7.10. The fraction of sp³-hybridized carbons (Fsp3) is 0.367. The van der Waals surface area contributed by atoms with Gasteiger partial charge in [0.15, 0.2) is 0 Å². The largest absolute Gasteiger partial charge is 0.444 e. The molecule has 2 atom stereocenters. The zero-order chi connectivity index (χ0) is 28.0. The summed E-state index contributed by atoms with van der Waals surface area (Å²) in [6.45, 7) is 9.99. The SMILES string of the molecule is Cc1cccc(C)c1C(C(=O)Nc1ccc2ccccc2c1)N(CCO)C(=O)C(C)NC(=O)OC(C)(C)C. The average Bonchev–Trinajstić information content (AvgIpc) is 2.83. The summed E-state index contributed by atoms with van der Waals surface area (Å²) >= 11 is 0. The molecule has 2 unspecified atom stereocenters. The van der Waals surface area contributed by atoms with E-state index in [0.29, 0.717) is 11.3 Å². The van der Waals surface area contributed by atoms with E-state index in [2.05, 4.69) is 10.6 Å². The number of carbonyl (C=O) groups is 3. The fourth-order valence-corrected chi connectivity index (χ4v) is 4.43. The molecule has 3 rings (SSSR count). The molecule has 0 radical (unpaired) electrons. The highest BCUT2D eigenvalue weighted by atomic mass is 16.6. The van der Waals surface area contributed by atoms with E-state index in [4.69, 9.17) is 4.74 Å². The van der Waals surface area contributed by atoms with Gasteiger partial charge in [0.1, 0.15) is 17.7 Å². The predicted molar refractivity (Wildman–Crippen MR) is 149 cm³/mol. The molecule has 0 bridgehead atoms. The van der Waals surface area contributed by atoms with Crippen LogP contribution in [0, 0.1) is 13.8 Å². The molecule has 0 saturated carbocycles. The van der Waals surface area contributed by atoms with Crippen LogP contribution in [0.15, 0.2) is 60.7 Å². The smallest absolute Gasteiger partial charge is 0.408 e. The van der Waals surface area contributed by atoms with Crippen LogP contribution in [0.3, 0.4) is 0 Å². The monoisotopic (exact) mass is 519 g/mol. The third-order valence-electron chi connectivity index (χ3n) is 6.12. The van der Waals surface area contributed by atoms with E-state index in [-0.39, 0.29) is 13.2 Å². The molecule has 3 amide bonds. The molecule has 8 nitrogen and oxygen atoms in total. The van der Waals surface area contributed by atoms with E-state index >= 15 is 0 Å². The molecule has 0 aliphatic rings. The number of aliphatic hydroxyl groups is 1. The van der Waals surface area contributed by atoms with Gasteiger partial charge in [-0.3, -0.25) is 9.59 Å². The van der Waals surface area contributed by atoms with Crippen LogP contribution < -0.4 is 10.6 Å². The summed E-state index contributed by atoms with van der Waals surface area (Å²) in [4.78, 5) is 41.2. The Morgan fingerprint density at radius 3 is 2.18 bits per heavy atom. The van der Waals surface area contributed by atoms with Crippen LogP contribution in [0.25, 0.3) is 10.8 Å². The molecule has 0 saturated heterocycles. The Kier molecular flexibility index (Phi) is 9.12. The summed E-state index contributed by atoms with van der Waals surface area (Å²) in [6, 6.07) is 17.0. The van der Waals surface area contributed by atoms with Gasteiger partial charge >= 0.3 is 6.09 Å². The van der Waals surface area contributed by atoms with E-state index in [0.717, 1.165) is 21.9 Å². The molecule has 0 fully saturated rings. The minimum Gasteiger partial charge on any atom is -0.444 e. The van der Waals surface area contributed by atoms with Gasteiger partial charge in [-0.05, 0) is 81.1 Å². The topological polar surface area (TPSA) is 108 Å². The van der Waals surface area contributed by atoms with Crippen molar-refractivity contribution in [3.05, 3.63) is 77.4 Å². The molecular weight excluding hydrogens is 482 g/mol. The molecule has 38 heavy (non-hydrogen) atoms. The number of carbonyl (C=O) groups excluding carboxylic acids is 3. The van der Waals surface area contributed by atoms with Gasteiger partial charge in [0.05, 0.1) is 6.61 Å². The molecule has 0 spiro atoms. The molecule has 0 aliphatic heterocycles. The Labute approximate surface area is 224 Å². The first kappa shape index (κ1) is 28.7. The summed E-state index contributed by atoms with van der Waals surface area (Å²) < 4.78 is 5.29. The van der Waals surface area contributed by atoms with Crippen LogP contribution in [0.2, 0.25) is 0 Å². The number of aliphatic hydroxyl groups excluding tert-OH is 1. The van der Waals surface area contributed by atoms with Crippen molar-refractivity contribution in [2.24, 2.45) is 0 Å². The van der Waals surface area contributed by atoms with Gasteiger partial charge in [-0.25, -0.2) is 4.79 Å². The summed E-state index contributed by atoms with van der Waals surface area (Å²) in [5, 5.41) is 17.4. The van der Waals surface area contributed by atoms with Gasteiger partial charge in [-0.2, -0.15) is 0 Å². The molecular formula is C30H37N3O5. The molecule has 0 aromatic heterocycles. The Balaban J connectivity index is 1.98. The third-order valence-corrected chi connectivity index (χ3v) is 6.12. The average molecular weight is 520 g/mol. The number of aryl methyl sites for hydroxylation is 2.